The minimum Gasteiger partial charge on any atom is -0.333 e. The van der Waals surface area contributed by atoms with Gasteiger partial charge in [-0.1, -0.05) is 47.7 Å². The van der Waals surface area contributed by atoms with Crippen molar-refractivity contribution in [3.63, 3.8) is 0 Å². The molecule has 0 saturated carbocycles. The van der Waals surface area contributed by atoms with Crippen molar-refractivity contribution in [3.05, 3.63) is 77.1 Å². The van der Waals surface area contributed by atoms with Crippen LogP contribution in [0.5, 0.6) is 0 Å². The third-order valence-corrected chi connectivity index (χ3v) is 5.02. The number of amides is 1. The Hall–Kier alpha value is -3.06. The third kappa shape index (κ3) is 3.48. The second kappa shape index (κ2) is 7.05. The van der Waals surface area contributed by atoms with Crippen LogP contribution in [0.4, 0.5) is 0 Å². The zero-order valence-corrected chi connectivity index (χ0v) is 15.1. The highest BCUT2D eigenvalue weighted by atomic mass is 32.1. The average Bonchev–Trinajstić information content (AvgIpc) is 3.28. The largest absolute Gasteiger partial charge is 0.333 e. The molecule has 26 heavy (non-hydrogen) atoms. The van der Waals surface area contributed by atoms with Crippen molar-refractivity contribution < 1.29 is 4.79 Å². The molecule has 0 spiro atoms. The zero-order valence-electron chi connectivity index (χ0n) is 14.2. The number of thiazole rings is 1. The molecule has 7 heteroatoms. The van der Waals surface area contributed by atoms with Crippen LogP contribution in [0.3, 0.4) is 0 Å². The number of hydrogen-bond acceptors (Lipinski definition) is 5. The highest BCUT2D eigenvalue weighted by molar-refractivity contribution is 7.18. The Bertz CT molecular complexity index is 1010. The van der Waals surface area contributed by atoms with Crippen molar-refractivity contribution in [2.24, 2.45) is 0 Å². The van der Waals surface area contributed by atoms with E-state index in [-0.39, 0.29) is 5.91 Å². The van der Waals surface area contributed by atoms with E-state index in [1.54, 1.807) is 34.2 Å². The molecule has 0 unspecified atom stereocenters. The number of benzene rings is 2. The SMILES string of the molecule is CN(Cc1nc2ccccc2s1)C(=O)c1cn(Cc2ccccc2)nn1. The van der Waals surface area contributed by atoms with Crippen LogP contribution in [-0.2, 0) is 13.1 Å². The molecular weight excluding hydrogens is 346 g/mol. The van der Waals surface area contributed by atoms with Gasteiger partial charge in [-0.15, -0.1) is 16.4 Å². The first-order chi connectivity index (χ1) is 12.7. The molecule has 0 aliphatic heterocycles. The molecule has 0 radical (unpaired) electrons. The first kappa shape index (κ1) is 16.4. The molecular formula is C19H17N5OS. The fourth-order valence-corrected chi connectivity index (χ4v) is 3.72. The maximum atomic E-state index is 12.6. The molecule has 0 aliphatic rings. The van der Waals surface area contributed by atoms with E-state index in [1.165, 1.54) is 0 Å². The van der Waals surface area contributed by atoms with Crippen molar-refractivity contribution in [1.29, 1.82) is 0 Å². The van der Waals surface area contributed by atoms with Gasteiger partial charge in [-0.3, -0.25) is 4.79 Å². The topological polar surface area (TPSA) is 63.9 Å². The maximum absolute atomic E-state index is 12.6. The number of para-hydroxylation sites is 1. The molecule has 4 rings (SSSR count). The Morgan fingerprint density at radius 1 is 1.12 bits per heavy atom. The van der Waals surface area contributed by atoms with Crippen molar-refractivity contribution in [1.82, 2.24) is 24.9 Å². The number of aromatic nitrogens is 4. The molecule has 0 saturated heterocycles. The normalized spacial score (nSPS) is 11.0. The van der Waals surface area contributed by atoms with Gasteiger partial charge < -0.3 is 4.90 Å². The van der Waals surface area contributed by atoms with Crippen LogP contribution < -0.4 is 0 Å². The molecule has 1 amide bonds. The number of carbonyl (C=O) groups is 1. The first-order valence-electron chi connectivity index (χ1n) is 8.23. The number of hydrogen-bond donors (Lipinski definition) is 0. The standard InChI is InChI=1S/C19H17N5OS/c1-23(13-18-20-15-9-5-6-10-17(15)26-18)19(25)16-12-24(22-21-16)11-14-7-3-2-4-8-14/h2-10,12H,11,13H2,1H3. The van der Waals surface area contributed by atoms with Gasteiger partial charge in [-0.05, 0) is 17.7 Å². The summed E-state index contributed by atoms with van der Waals surface area (Å²) in [5.41, 5.74) is 2.41. The smallest absolute Gasteiger partial charge is 0.276 e. The van der Waals surface area contributed by atoms with Crippen LogP contribution >= 0.6 is 11.3 Å². The maximum Gasteiger partial charge on any atom is 0.276 e. The van der Waals surface area contributed by atoms with Gasteiger partial charge in [0.25, 0.3) is 5.91 Å². The van der Waals surface area contributed by atoms with Gasteiger partial charge in [-0.25, -0.2) is 9.67 Å². The Morgan fingerprint density at radius 3 is 2.69 bits per heavy atom. The monoisotopic (exact) mass is 363 g/mol. The minimum atomic E-state index is -0.163. The van der Waals surface area contributed by atoms with Gasteiger partial charge >= 0.3 is 0 Å². The Kier molecular flexibility index (Phi) is 4.45. The quantitative estimate of drug-likeness (QED) is 0.546. The fourth-order valence-electron chi connectivity index (χ4n) is 2.70. The lowest BCUT2D eigenvalue weighted by Crippen LogP contribution is -2.26. The molecule has 0 bridgehead atoms. The van der Waals surface area contributed by atoms with Crippen molar-refractivity contribution in [2.45, 2.75) is 13.1 Å². The van der Waals surface area contributed by atoms with Gasteiger partial charge in [-0.2, -0.15) is 0 Å². The highest BCUT2D eigenvalue weighted by Crippen LogP contribution is 2.22. The van der Waals surface area contributed by atoms with E-state index < -0.39 is 0 Å². The van der Waals surface area contributed by atoms with Gasteiger partial charge in [0.2, 0.25) is 0 Å². The fraction of sp³-hybridized carbons (Fsp3) is 0.158. The lowest BCUT2D eigenvalue weighted by molar-refractivity contribution is 0.0779. The summed E-state index contributed by atoms with van der Waals surface area (Å²) in [5, 5.41) is 8.99. The van der Waals surface area contributed by atoms with Gasteiger partial charge in [0, 0.05) is 7.05 Å². The average molecular weight is 363 g/mol. The molecule has 4 aromatic rings. The Labute approximate surface area is 154 Å². The number of rotatable bonds is 5. The molecule has 6 nitrogen and oxygen atoms in total. The van der Waals surface area contributed by atoms with E-state index in [2.05, 4.69) is 15.3 Å². The van der Waals surface area contributed by atoms with Crippen LogP contribution in [0.15, 0.2) is 60.8 Å². The van der Waals surface area contributed by atoms with Crippen LogP contribution in [-0.4, -0.2) is 37.8 Å². The first-order valence-corrected chi connectivity index (χ1v) is 9.04. The molecule has 2 aromatic carbocycles. The summed E-state index contributed by atoms with van der Waals surface area (Å²) in [6.07, 6.45) is 1.68. The minimum absolute atomic E-state index is 0.163. The summed E-state index contributed by atoms with van der Waals surface area (Å²) < 4.78 is 2.80. The number of carbonyl (C=O) groups excluding carboxylic acids is 1. The van der Waals surface area contributed by atoms with Crippen LogP contribution in [0.1, 0.15) is 21.1 Å². The van der Waals surface area contributed by atoms with Crippen molar-refractivity contribution in [2.75, 3.05) is 7.05 Å². The number of fused-ring (bicyclic) bond motifs is 1. The summed E-state index contributed by atoms with van der Waals surface area (Å²) in [5.74, 6) is -0.163. The summed E-state index contributed by atoms with van der Waals surface area (Å²) >= 11 is 1.60. The second-order valence-electron chi connectivity index (χ2n) is 6.02. The predicted octanol–water partition coefficient (Wildman–Crippen LogP) is 3.21. The van der Waals surface area contributed by atoms with E-state index in [4.69, 9.17) is 0 Å². The van der Waals surface area contributed by atoms with Crippen molar-refractivity contribution >= 4 is 27.5 Å². The van der Waals surface area contributed by atoms with Gasteiger partial charge in [0.1, 0.15) is 5.01 Å². The molecule has 0 N–H and O–H groups in total. The summed E-state index contributed by atoms with van der Waals surface area (Å²) in [6, 6.07) is 17.9. The molecule has 0 aliphatic carbocycles. The predicted molar refractivity (Wildman–Crippen MR) is 101 cm³/mol. The van der Waals surface area contributed by atoms with Crippen molar-refractivity contribution in [3.8, 4) is 0 Å². The van der Waals surface area contributed by atoms with Crippen LogP contribution in [0.2, 0.25) is 0 Å². The van der Waals surface area contributed by atoms with Crippen LogP contribution in [0, 0.1) is 0 Å². The van der Waals surface area contributed by atoms with Crippen LogP contribution in [0.25, 0.3) is 10.2 Å². The van der Waals surface area contributed by atoms with Gasteiger partial charge in [0.05, 0.1) is 29.5 Å². The number of nitrogens with zero attached hydrogens (tertiary/aromatic N) is 5. The highest BCUT2D eigenvalue weighted by Gasteiger charge is 2.17. The third-order valence-electron chi connectivity index (χ3n) is 4.00. The molecule has 2 heterocycles. The van der Waals surface area contributed by atoms with E-state index >= 15 is 0 Å². The molecule has 0 atom stereocenters. The Balaban J connectivity index is 1.45. The lowest BCUT2D eigenvalue weighted by atomic mass is 10.2. The molecule has 130 valence electrons. The summed E-state index contributed by atoms with van der Waals surface area (Å²) in [7, 11) is 1.75. The zero-order chi connectivity index (χ0) is 17.9. The summed E-state index contributed by atoms with van der Waals surface area (Å²) in [6.45, 7) is 1.03. The van der Waals surface area contributed by atoms with E-state index in [1.807, 2.05) is 54.6 Å². The summed E-state index contributed by atoms with van der Waals surface area (Å²) in [4.78, 5) is 18.8. The van der Waals surface area contributed by atoms with E-state index in [0.717, 1.165) is 20.8 Å². The molecule has 0 fully saturated rings. The second-order valence-corrected chi connectivity index (χ2v) is 7.14. The molecule has 2 aromatic heterocycles. The lowest BCUT2D eigenvalue weighted by Gasteiger charge is -2.13. The Morgan fingerprint density at radius 2 is 1.88 bits per heavy atom. The van der Waals surface area contributed by atoms with E-state index in [0.29, 0.717) is 18.8 Å². The van der Waals surface area contributed by atoms with Gasteiger partial charge in [0.15, 0.2) is 5.69 Å². The van der Waals surface area contributed by atoms with E-state index in [9.17, 15) is 4.79 Å².